The molecule has 1 aromatic heterocycles. The van der Waals surface area contributed by atoms with Crippen molar-refractivity contribution in [3.63, 3.8) is 0 Å². The normalized spacial score (nSPS) is 26.6. The van der Waals surface area contributed by atoms with Gasteiger partial charge < -0.3 is 0 Å². The van der Waals surface area contributed by atoms with Gasteiger partial charge in [0.2, 0.25) is 0 Å². The standard InChI is InChI=1S/C13H18N6/c1-2-6-17-13(9-15)5-3-4-11(7-13)19-10-16-12(8-14)18-19/h10-11,17H,2-7H2,1H3. The molecule has 2 unspecified atom stereocenters. The molecule has 100 valence electrons. The monoisotopic (exact) mass is 258 g/mol. The van der Waals surface area contributed by atoms with Crippen LogP contribution in [-0.2, 0) is 0 Å². The average molecular weight is 258 g/mol. The van der Waals surface area contributed by atoms with Crippen LogP contribution in [0, 0.1) is 22.7 Å². The number of rotatable bonds is 4. The number of nitrogens with one attached hydrogen (secondary N) is 1. The Balaban J connectivity index is 2.12. The van der Waals surface area contributed by atoms with E-state index in [-0.39, 0.29) is 11.9 Å². The number of aromatic nitrogens is 3. The van der Waals surface area contributed by atoms with Crippen LogP contribution in [0.4, 0.5) is 0 Å². The molecule has 0 amide bonds. The van der Waals surface area contributed by atoms with Gasteiger partial charge in [-0.15, -0.1) is 5.10 Å². The van der Waals surface area contributed by atoms with Crippen molar-refractivity contribution >= 4 is 0 Å². The van der Waals surface area contributed by atoms with Crippen LogP contribution >= 0.6 is 0 Å². The van der Waals surface area contributed by atoms with Crippen LogP contribution < -0.4 is 5.32 Å². The molecule has 0 radical (unpaired) electrons. The smallest absolute Gasteiger partial charge is 0.252 e. The van der Waals surface area contributed by atoms with E-state index in [0.717, 1.165) is 38.6 Å². The average Bonchev–Trinajstić information content (AvgIpc) is 2.94. The van der Waals surface area contributed by atoms with Crippen molar-refractivity contribution in [2.45, 2.75) is 50.6 Å². The molecule has 1 aromatic rings. The molecule has 1 fully saturated rings. The van der Waals surface area contributed by atoms with Crippen molar-refractivity contribution in [1.29, 1.82) is 10.5 Å². The van der Waals surface area contributed by atoms with Crippen molar-refractivity contribution in [2.24, 2.45) is 0 Å². The zero-order valence-corrected chi connectivity index (χ0v) is 11.1. The third-order valence-corrected chi connectivity index (χ3v) is 3.64. The van der Waals surface area contributed by atoms with Crippen molar-refractivity contribution in [3.8, 4) is 12.1 Å². The van der Waals surface area contributed by atoms with Crippen molar-refractivity contribution in [1.82, 2.24) is 20.1 Å². The Morgan fingerprint density at radius 2 is 2.42 bits per heavy atom. The van der Waals surface area contributed by atoms with E-state index in [2.05, 4.69) is 28.4 Å². The molecule has 1 heterocycles. The SMILES string of the molecule is CCCNC1(C#N)CCCC(n2cnc(C#N)n2)C1. The number of hydrogen-bond acceptors (Lipinski definition) is 5. The molecule has 0 aromatic carbocycles. The Morgan fingerprint density at radius 1 is 1.58 bits per heavy atom. The van der Waals surface area contributed by atoms with Crippen LogP contribution in [-0.4, -0.2) is 26.8 Å². The van der Waals surface area contributed by atoms with Gasteiger partial charge in [0.05, 0.1) is 12.1 Å². The van der Waals surface area contributed by atoms with Gasteiger partial charge in [0.1, 0.15) is 17.9 Å². The molecule has 1 N–H and O–H groups in total. The third-order valence-electron chi connectivity index (χ3n) is 3.64. The highest BCUT2D eigenvalue weighted by molar-refractivity contribution is 5.11. The first-order valence-electron chi connectivity index (χ1n) is 6.70. The van der Waals surface area contributed by atoms with E-state index in [1.54, 1.807) is 11.0 Å². The summed E-state index contributed by atoms with van der Waals surface area (Å²) >= 11 is 0. The topological polar surface area (TPSA) is 90.3 Å². The maximum atomic E-state index is 9.47. The first-order valence-corrected chi connectivity index (χ1v) is 6.70. The lowest BCUT2D eigenvalue weighted by molar-refractivity contribution is 0.220. The Hall–Kier alpha value is -1.92. The van der Waals surface area contributed by atoms with E-state index in [0.29, 0.717) is 0 Å². The van der Waals surface area contributed by atoms with Gasteiger partial charge in [-0.3, -0.25) is 5.32 Å². The van der Waals surface area contributed by atoms with E-state index in [1.165, 1.54) is 0 Å². The third kappa shape index (κ3) is 2.91. The highest BCUT2D eigenvalue weighted by atomic mass is 15.3. The predicted octanol–water partition coefficient (Wildman–Crippen LogP) is 1.53. The molecule has 0 bridgehead atoms. The second-order valence-electron chi connectivity index (χ2n) is 5.03. The van der Waals surface area contributed by atoms with Crippen LogP contribution in [0.1, 0.15) is 50.9 Å². The fourth-order valence-electron chi connectivity index (χ4n) is 2.64. The molecular weight excluding hydrogens is 240 g/mol. The van der Waals surface area contributed by atoms with Crippen LogP contribution in [0.5, 0.6) is 0 Å². The number of nitrogens with zero attached hydrogens (tertiary/aromatic N) is 5. The molecule has 1 aliphatic rings. The summed E-state index contributed by atoms with van der Waals surface area (Å²) in [7, 11) is 0. The summed E-state index contributed by atoms with van der Waals surface area (Å²) in [4.78, 5) is 3.93. The summed E-state index contributed by atoms with van der Waals surface area (Å²) in [6.07, 6.45) is 6.16. The van der Waals surface area contributed by atoms with Gasteiger partial charge in [0, 0.05) is 6.42 Å². The van der Waals surface area contributed by atoms with Gasteiger partial charge in [0.15, 0.2) is 0 Å². The fourth-order valence-corrected chi connectivity index (χ4v) is 2.64. The minimum Gasteiger partial charge on any atom is -0.299 e. The van der Waals surface area contributed by atoms with Crippen LogP contribution in [0.25, 0.3) is 0 Å². The molecule has 1 aliphatic carbocycles. The Morgan fingerprint density at radius 3 is 3.05 bits per heavy atom. The summed E-state index contributed by atoms with van der Waals surface area (Å²) in [5, 5.41) is 25.7. The Bertz CT molecular complexity index is 508. The van der Waals surface area contributed by atoms with Gasteiger partial charge in [0.25, 0.3) is 5.82 Å². The summed E-state index contributed by atoms with van der Waals surface area (Å²) in [6.45, 7) is 2.94. The summed E-state index contributed by atoms with van der Waals surface area (Å²) in [5.41, 5.74) is -0.461. The van der Waals surface area contributed by atoms with E-state index in [1.807, 2.05) is 6.07 Å². The number of nitriles is 2. The van der Waals surface area contributed by atoms with Crippen LogP contribution in [0.2, 0.25) is 0 Å². The van der Waals surface area contributed by atoms with Gasteiger partial charge in [-0.2, -0.15) is 10.5 Å². The molecule has 0 aliphatic heterocycles. The zero-order chi connectivity index (χ0) is 13.7. The summed E-state index contributed by atoms with van der Waals surface area (Å²) in [5.74, 6) is 0.189. The molecule has 6 heteroatoms. The minimum absolute atomic E-state index is 0.146. The zero-order valence-electron chi connectivity index (χ0n) is 11.1. The highest BCUT2D eigenvalue weighted by Gasteiger charge is 2.37. The molecule has 1 saturated carbocycles. The lowest BCUT2D eigenvalue weighted by atomic mass is 9.80. The molecule has 19 heavy (non-hydrogen) atoms. The Kier molecular flexibility index (Phi) is 4.13. The lowest BCUT2D eigenvalue weighted by Gasteiger charge is -2.36. The molecule has 2 atom stereocenters. The van der Waals surface area contributed by atoms with E-state index in [9.17, 15) is 5.26 Å². The van der Waals surface area contributed by atoms with Gasteiger partial charge in [-0.25, -0.2) is 9.67 Å². The van der Waals surface area contributed by atoms with Crippen LogP contribution in [0.15, 0.2) is 6.33 Å². The first-order chi connectivity index (χ1) is 9.23. The van der Waals surface area contributed by atoms with Gasteiger partial charge in [-0.05, 0) is 32.2 Å². The van der Waals surface area contributed by atoms with Crippen molar-refractivity contribution < 1.29 is 0 Å². The molecule has 2 rings (SSSR count). The maximum absolute atomic E-state index is 9.47. The lowest BCUT2D eigenvalue weighted by Crippen LogP contribution is -2.48. The second kappa shape index (κ2) is 5.81. The van der Waals surface area contributed by atoms with Gasteiger partial charge >= 0.3 is 0 Å². The maximum Gasteiger partial charge on any atom is 0.252 e. The molecular formula is C13H18N6. The van der Waals surface area contributed by atoms with Crippen LogP contribution in [0.3, 0.4) is 0 Å². The van der Waals surface area contributed by atoms with Gasteiger partial charge in [-0.1, -0.05) is 6.92 Å². The highest BCUT2D eigenvalue weighted by Crippen LogP contribution is 2.34. The Labute approximate surface area is 113 Å². The molecule has 0 spiro atoms. The van der Waals surface area contributed by atoms with E-state index in [4.69, 9.17) is 5.26 Å². The summed E-state index contributed by atoms with van der Waals surface area (Å²) < 4.78 is 1.73. The second-order valence-corrected chi connectivity index (χ2v) is 5.03. The fraction of sp³-hybridized carbons (Fsp3) is 0.692. The largest absolute Gasteiger partial charge is 0.299 e. The molecule has 6 nitrogen and oxygen atoms in total. The predicted molar refractivity (Wildman–Crippen MR) is 68.9 cm³/mol. The van der Waals surface area contributed by atoms with E-state index >= 15 is 0 Å². The minimum atomic E-state index is -0.461. The van der Waals surface area contributed by atoms with E-state index < -0.39 is 5.54 Å². The summed E-state index contributed by atoms with van der Waals surface area (Å²) in [6, 6.07) is 4.51. The number of hydrogen-bond donors (Lipinski definition) is 1. The quantitative estimate of drug-likeness (QED) is 0.884. The van der Waals surface area contributed by atoms with Crippen molar-refractivity contribution in [3.05, 3.63) is 12.2 Å². The first kappa shape index (κ1) is 13.5. The molecule has 0 saturated heterocycles. The van der Waals surface area contributed by atoms with Crippen molar-refractivity contribution in [2.75, 3.05) is 6.54 Å².